The van der Waals surface area contributed by atoms with E-state index in [0.717, 1.165) is 19.4 Å². The van der Waals surface area contributed by atoms with Gasteiger partial charge in [-0.1, -0.05) is 6.07 Å². The van der Waals surface area contributed by atoms with Gasteiger partial charge in [0.25, 0.3) is 0 Å². The molecule has 1 saturated heterocycles. The van der Waals surface area contributed by atoms with Gasteiger partial charge in [-0.15, -0.1) is 0 Å². The summed E-state index contributed by atoms with van der Waals surface area (Å²) in [6, 6.07) is 4.64. The van der Waals surface area contributed by atoms with Gasteiger partial charge < -0.3 is 10.1 Å². The highest BCUT2D eigenvalue weighted by molar-refractivity contribution is 5.31. The van der Waals surface area contributed by atoms with Crippen molar-refractivity contribution in [1.29, 1.82) is 0 Å². The van der Waals surface area contributed by atoms with Crippen LogP contribution in [0.15, 0.2) is 18.3 Å². The van der Waals surface area contributed by atoms with Crippen molar-refractivity contribution >= 4 is 0 Å². The lowest BCUT2D eigenvalue weighted by atomic mass is 9.79. The number of aryl methyl sites for hydroxylation is 1. The lowest BCUT2D eigenvalue weighted by molar-refractivity contribution is -0.0926. The number of nitrogens with one attached hydrogen (secondary N) is 1. The number of hydrogen-bond acceptors (Lipinski definition) is 3. The Morgan fingerprint density at radius 2 is 2.37 bits per heavy atom. The first-order chi connectivity index (χ1) is 9.24. The number of hydrogen-bond donors (Lipinski definition) is 1. The van der Waals surface area contributed by atoms with Crippen LogP contribution in [-0.2, 0) is 11.2 Å². The summed E-state index contributed by atoms with van der Waals surface area (Å²) in [6.45, 7) is 3.17. The highest BCUT2D eigenvalue weighted by atomic mass is 16.5. The summed E-state index contributed by atoms with van der Waals surface area (Å²) >= 11 is 0. The van der Waals surface area contributed by atoms with Gasteiger partial charge in [0.15, 0.2) is 0 Å². The lowest BCUT2D eigenvalue weighted by Gasteiger charge is -2.43. The molecule has 3 unspecified atom stereocenters. The molecule has 1 aliphatic carbocycles. The third-order valence-electron chi connectivity index (χ3n) is 4.87. The van der Waals surface area contributed by atoms with E-state index >= 15 is 0 Å². The largest absolute Gasteiger partial charge is 0.374 e. The van der Waals surface area contributed by atoms with Crippen LogP contribution < -0.4 is 5.32 Å². The molecule has 1 fully saturated rings. The van der Waals surface area contributed by atoms with Crippen LogP contribution in [0.4, 0.5) is 0 Å². The normalized spacial score (nSPS) is 32.0. The van der Waals surface area contributed by atoms with Gasteiger partial charge in [-0.2, -0.15) is 0 Å². The van der Waals surface area contributed by atoms with Gasteiger partial charge in [0.05, 0.1) is 5.60 Å². The summed E-state index contributed by atoms with van der Waals surface area (Å²) in [5, 5.41) is 3.53. The smallest absolute Gasteiger partial charge is 0.0813 e. The molecule has 0 amide bonds. The van der Waals surface area contributed by atoms with Crippen LogP contribution in [0.3, 0.4) is 0 Å². The molecule has 0 aromatic carbocycles. The van der Waals surface area contributed by atoms with Crippen LogP contribution in [0, 0.1) is 0 Å². The first-order valence-electron chi connectivity index (χ1n) is 7.49. The van der Waals surface area contributed by atoms with E-state index in [9.17, 15) is 0 Å². The van der Waals surface area contributed by atoms with Crippen LogP contribution in [0.5, 0.6) is 0 Å². The molecule has 0 radical (unpaired) electrons. The number of rotatable bonds is 3. The minimum atomic E-state index is -0.0448. The third-order valence-corrected chi connectivity index (χ3v) is 4.87. The molecule has 0 spiro atoms. The van der Waals surface area contributed by atoms with Crippen molar-refractivity contribution in [1.82, 2.24) is 10.3 Å². The number of nitrogens with zero attached hydrogens (tertiary/aromatic N) is 1. The Balaban J connectivity index is 1.87. The first kappa shape index (κ1) is 13.1. The molecule has 1 aromatic heterocycles. The van der Waals surface area contributed by atoms with E-state index in [1.165, 1.54) is 30.5 Å². The van der Waals surface area contributed by atoms with E-state index in [1.807, 2.05) is 6.20 Å². The summed E-state index contributed by atoms with van der Waals surface area (Å²) in [7, 11) is 2.06. The number of aromatic nitrogens is 1. The maximum Gasteiger partial charge on any atom is 0.0813 e. The highest BCUT2D eigenvalue weighted by Gasteiger charge is 2.43. The summed E-state index contributed by atoms with van der Waals surface area (Å²) in [4.78, 5) is 4.64. The predicted molar refractivity (Wildman–Crippen MR) is 76.4 cm³/mol. The highest BCUT2D eigenvalue weighted by Crippen LogP contribution is 2.41. The summed E-state index contributed by atoms with van der Waals surface area (Å²) in [6.07, 6.45) is 7.89. The molecule has 1 N–H and O–H groups in total. The topological polar surface area (TPSA) is 34.2 Å². The maximum absolute atomic E-state index is 6.16. The molecule has 1 aromatic rings. The van der Waals surface area contributed by atoms with Gasteiger partial charge in [-0.3, -0.25) is 4.98 Å². The predicted octanol–water partition coefficient (Wildman–Crippen LogP) is 2.66. The fourth-order valence-electron chi connectivity index (χ4n) is 3.90. The van der Waals surface area contributed by atoms with Gasteiger partial charge in [0, 0.05) is 30.5 Å². The number of likely N-dealkylation sites (N-methyl/N-ethyl adjacent to an activating group) is 1. The van der Waals surface area contributed by atoms with Crippen molar-refractivity contribution in [3.8, 4) is 0 Å². The van der Waals surface area contributed by atoms with Crippen molar-refractivity contribution in [3.05, 3.63) is 29.6 Å². The summed E-state index contributed by atoms with van der Waals surface area (Å²) in [5.74, 6) is 0.490. The van der Waals surface area contributed by atoms with Crippen molar-refractivity contribution in [3.63, 3.8) is 0 Å². The maximum atomic E-state index is 6.16. The van der Waals surface area contributed by atoms with E-state index in [4.69, 9.17) is 4.74 Å². The van der Waals surface area contributed by atoms with Crippen LogP contribution in [0.2, 0.25) is 0 Å². The summed E-state index contributed by atoms with van der Waals surface area (Å²) in [5.41, 5.74) is 2.67. The first-order valence-corrected chi connectivity index (χ1v) is 7.49. The Bertz CT molecular complexity index is 440. The van der Waals surface area contributed by atoms with Crippen LogP contribution in [-0.4, -0.2) is 30.3 Å². The average molecular weight is 260 g/mol. The molecule has 19 heavy (non-hydrogen) atoms. The fourth-order valence-corrected chi connectivity index (χ4v) is 3.90. The molecule has 3 rings (SSSR count). The van der Waals surface area contributed by atoms with Crippen molar-refractivity contribution in [2.45, 2.75) is 56.6 Å². The fraction of sp³-hybridized carbons (Fsp3) is 0.688. The van der Waals surface area contributed by atoms with Crippen LogP contribution >= 0.6 is 0 Å². The zero-order valence-corrected chi connectivity index (χ0v) is 12.0. The second kappa shape index (κ2) is 5.22. The summed E-state index contributed by atoms with van der Waals surface area (Å²) < 4.78 is 6.16. The molecule has 104 valence electrons. The molecular weight excluding hydrogens is 236 g/mol. The Morgan fingerprint density at radius 3 is 3.11 bits per heavy atom. The Labute approximate surface area is 115 Å². The molecule has 2 aliphatic rings. The third kappa shape index (κ3) is 2.30. The number of fused-ring (bicyclic) bond motifs is 1. The van der Waals surface area contributed by atoms with Gasteiger partial charge >= 0.3 is 0 Å². The zero-order valence-electron chi connectivity index (χ0n) is 12.0. The quantitative estimate of drug-likeness (QED) is 0.907. The lowest BCUT2D eigenvalue weighted by Crippen LogP contribution is -2.53. The molecule has 3 heteroatoms. The van der Waals surface area contributed by atoms with Crippen LogP contribution in [0.25, 0.3) is 0 Å². The van der Waals surface area contributed by atoms with Crippen molar-refractivity contribution in [2.75, 3.05) is 13.7 Å². The van der Waals surface area contributed by atoms with E-state index in [2.05, 4.69) is 36.4 Å². The molecule has 2 heterocycles. The van der Waals surface area contributed by atoms with E-state index in [0.29, 0.717) is 12.0 Å². The second-order valence-corrected chi connectivity index (χ2v) is 6.08. The van der Waals surface area contributed by atoms with Gasteiger partial charge in [-0.05, 0) is 57.7 Å². The SMILES string of the molecule is CNC(C1CCc2cccnc21)C1(C)CCCCO1. The van der Waals surface area contributed by atoms with Gasteiger partial charge in [0.2, 0.25) is 0 Å². The molecule has 1 aliphatic heterocycles. The minimum Gasteiger partial charge on any atom is -0.374 e. The molecule has 3 nitrogen and oxygen atoms in total. The molecule has 3 atom stereocenters. The van der Waals surface area contributed by atoms with Gasteiger partial charge in [-0.25, -0.2) is 0 Å². The van der Waals surface area contributed by atoms with E-state index < -0.39 is 0 Å². The molecular formula is C16H24N2O. The van der Waals surface area contributed by atoms with Crippen molar-refractivity contribution in [2.24, 2.45) is 0 Å². The Morgan fingerprint density at radius 1 is 1.47 bits per heavy atom. The van der Waals surface area contributed by atoms with Crippen molar-refractivity contribution < 1.29 is 4.74 Å². The Hall–Kier alpha value is -0.930. The second-order valence-electron chi connectivity index (χ2n) is 6.08. The molecule has 0 bridgehead atoms. The Kier molecular flexibility index (Phi) is 3.59. The zero-order chi connectivity index (χ0) is 13.3. The number of pyridine rings is 1. The van der Waals surface area contributed by atoms with E-state index in [1.54, 1.807) is 0 Å². The monoisotopic (exact) mass is 260 g/mol. The number of ether oxygens (including phenoxy) is 1. The van der Waals surface area contributed by atoms with Crippen LogP contribution in [0.1, 0.15) is 49.8 Å². The minimum absolute atomic E-state index is 0.0448. The van der Waals surface area contributed by atoms with Gasteiger partial charge in [0.1, 0.15) is 0 Å². The standard InChI is InChI=1S/C16H24N2O/c1-16(9-3-4-11-19-16)15(17-2)13-8-7-12-6-5-10-18-14(12)13/h5-6,10,13,15,17H,3-4,7-9,11H2,1-2H3. The van der Waals surface area contributed by atoms with E-state index in [-0.39, 0.29) is 5.60 Å². The average Bonchev–Trinajstić information content (AvgIpc) is 2.84. The molecule has 0 saturated carbocycles.